The number of carbonyl (C=O) groups is 2. The maximum Gasteiger partial charge on any atom is 0.343 e. The first-order valence-electron chi connectivity index (χ1n) is 9.96. The van der Waals surface area contributed by atoms with Gasteiger partial charge in [-0.2, -0.15) is 0 Å². The van der Waals surface area contributed by atoms with Crippen molar-refractivity contribution < 1.29 is 18.7 Å². The van der Waals surface area contributed by atoms with E-state index in [0.29, 0.717) is 5.75 Å². The molecule has 0 bridgehead atoms. The van der Waals surface area contributed by atoms with E-state index < -0.39 is 11.8 Å². The van der Waals surface area contributed by atoms with Crippen LogP contribution in [0.3, 0.4) is 0 Å². The summed E-state index contributed by atoms with van der Waals surface area (Å²) in [5.41, 5.74) is 2.91. The fourth-order valence-corrected chi connectivity index (χ4v) is 5.27. The van der Waals surface area contributed by atoms with Crippen LogP contribution in [-0.2, 0) is 13.0 Å². The lowest BCUT2D eigenvalue weighted by molar-refractivity contribution is 0.0734. The van der Waals surface area contributed by atoms with Crippen molar-refractivity contribution in [1.29, 1.82) is 0 Å². The zero-order valence-electron chi connectivity index (χ0n) is 16.8. The lowest BCUT2D eigenvalue weighted by Gasteiger charge is -2.27. The number of benzene rings is 2. The van der Waals surface area contributed by atoms with Crippen molar-refractivity contribution in [2.75, 3.05) is 18.9 Å². The number of nitrogens with one attached hydrogen (secondary N) is 2. The van der Waals surface area contributed by atoms with Gasteiger partial charge in [0.1, 0.15) is 22.7 Å². The number of fused-ring (bicyclic) bond motifs is 3. The Morgan fingerprint density at radius 1 is 1.19 bits per heavy atom. The number of ether oxygens (including phenoxy) is 1. The number of halogens is 1. The largest absolute Gasteiger partial charge is 0.423 e. The number of amides is 1. The third-order valence-corrected chi connectivity index (χ3v) is 6.66. The fraction of sp³-hybridized carbons (Fsp3) is 0.217. The molecule has 3 heterocycles. The topological polar surface area (TPSA) is 70.7 Å². The van der Waals surface area contributed by atoms with Crippen LogP contribution in [0.4, 0.5) is 9.39 Å². The minimum Gasteiger partial charge on any atom is -0.423 e. The Hall–Kier alpha value is -3.23. The number of nitrogens with zero attached hydrogens (tertiary/aromatic N) is 1. The number of thiophene rings is 1. The molecule has 2 aromatic carbocycles. The van der Waals surface area contributed by atoms with E-state index in [1.165, 1.54) is 23.1 Å². The zero-order chi connectivity index (χ0) is 21.5. The molecule has 2 N–H and O–H groups in total. The normalized spacial score (nSPS) is 17.9. The van der Waals surface area contributed by atoms with Gasteiger partial charge in [-0.3, -0.25) is 4.79 Å². The Kier molecular flexibility index (Phi) is 4.95. The van der Waals surface area contributed by atoms with E-state index in [1.807, 2.05) is 0 Å². The summed E-state index contributed by atoms with van der Waals surface area (Å²) in [6.07, 6.45) is 0.508. The third kappa shape index (κ3) is 3.80. The highest BCUT2D eigenvalue weighted by Gasteiger charge is 2.32. The molecule has 6 nitrogen and oxygen atoms in total. The lowest BCUT2D eigenvalue weighted by Crippen LogP contribution is -2.38. The van der Waals surface area contributed by atoms with Crippen LogP contribution < -0.4 is 15.4 Å². The second-order valence-corrected chi connectivity index (χ2v) is 8.82. The molecular weight excluding hydrogens is 417 g/mol. The van der Waals surface area contributed by atoms with Crippen molar-refractivity contribution in [3.8, 4) is 5.75 Å². The molecule has 0 spiro atoms. The maximum atomic E-state index is 13.3. The molecule has 8 heteroatoms. The second-order valence-electron chi connectivity index (χ2n) is 7.72. The number of likely N-dealkylation sites (N-methyl/N-ethyl adjacent to an activating group) is 1. The highest BCUT2D eigenvalue weighted by Crippen LogP contribution is 2.40. The van der Waals surface area contributed by atoms with Crippen LogP contribution in [0.2, 0.25) is 0 Å². The summed E-state index contributed by atoms with van der Waals surface area (Å²) in [6, 6.07) is 12.3. The minimum atomic E-state index is -0.630. The SMILES string of the molecule is CN1CCc2c(sc3c2C(=O)N[C@@H](c2ccc(OC(=O)c4cccc(F)c4)cc2)N3)C1. The molecule has 1 atom stereocenters. The van der Waals surface area contributed by atoms with E-state index in [4.69, 9.17) is 4.74 Å². The number of anilines is 1. The third-order valence-electron chi connectivity index (χ3n) is 5.51. The molecule has 0 unspecified atom stereocenters. The first kappa shape index (κ1) is 19.7. The standard InChI is InChI=1S/C23H20FN3O3S/c1-27-10-9-17-18(12-27)31-22-19(17)21(28)25-20(26-22)13-5-7-16(8-6-13)30-23(29)14-3-2-4-15(24)11-14/h2-8,11,20,26H,9-10,12H2,1H3,(H,25,28)/t20-/m1/s1. The van der Waals surface area contributed by atoms with E-state index >= 15 is 0 Å². The molecule has 0 aliphatic carbocycles. The molecule has 5 rings (SSSR count). The smallest absolute Gasteiger partial charge is 0.343 e. The van der Waals surface area contributed by atoms with Gasteiger partial charge in [-0.05, 0) is 54.9 Å². The first-order valence-corrected chi connectivity index (χ1v) is 10.8. The van der Waals surface area contributed by atoms with Gasteiger partial charge in [0, 0.05) is 18.0 Å². The highest BCUT2D eigenvalue weighted by atomic mass is 32.1. The van der Waals surface area contributed by atoms with Crippen LogP contribution in [0, 0.1) is 5.82 Å². The highest BCUT2D eigenvalue weighted by molar-refractivity contribution is 7.16. The van der Waals surface area contributed by atoms with Gasteiger partial charge >= 0.3 is 5.97 Å². The maximum absolute atomic E-state index is 13.3. The molecule has 1 amide bonds. The fourth-order valence-electron chi connectivity index (χ4n) is 3.92. The minimum absolute atomic E-state index is 0.0672. The lowest BCUT2D eigenvalue weighted by atomic mass is 10.0. The van der Waals surface area contributed by atoms with Crippen LogP contribution in [0.25, 0.3) is 0 Å². The number of carbonyl (C=O) groups excluding carboxylic acids is 2. The predicted molar refractivity (Wildman–Crippen MR) is 116 cm³/mol. The van der Waals surface area contributed by atoms with E-state index in [9.17, 15) is 14.0 Å². The Labute approximate surface area is 182 Å². The first-order chi connectivity index (χ1) is 15.0. The van der Waals surface area contributed by atoms with Gasteiger partial charge in [0.2, 0.25) is 0 Å². The van der Waals surface area contributed by atoms with Crippen molar-refractivity contribution >= 4 is 28.2 Å². The summed E-state index contributed by atoms with van der Waals surface area (Å²) in [5.74, 6) is -0.849. The summed E-state index contributed by atoms with van der Waals surface area (Å²) >= 11 is 1.64. The zero-order valence-corrected chi connectivity index (χ0v) is 17.6. The van der Waals surface area contributed by atoms with Gasteiger partial charge in [0.15, 0.2) is 0 Å². The summed E-state index contributed by atoms with van der Waals surface area (Å²) in [6.45, 7) is 1.81. The Morgan fingerprint density at radius 2 is 2.00 bits per heavy atom. The van der Waals surface area contributed by atoms with Crippen molar-refractivity contribution in [1.82, 2.24) is 10.2 Å². The van der Waals surface area contributed by atoms with Crippen LogP contribution in [0.5, 0.6) is 5.75 Å². The molecule has 0 saturated carbocycles. The average Bonchev–Trinajstić information content (AvgIpc) is 3.12. The molecule has 158 valence electrons. The van der Waals surface area contributed by atoms with Crippen molar-refractivity contribution in [2.45, 2.75) is 19.1 Å². The van der Waals surface area contributed by atoms with E-state index in [0.717, 1.165) is 47.3 Å². The molecule has 2 aliphatic rings. The van der Waals surface area contributed by atoms with Crippen molar-refractivity contribution in [3.63, 3.8) is 0 Å². The number of esters is 1. The molecule has 0 radical (unpaired) electrons. The van der Waals surface area contributed by atoms with Crippen molar-refractivity contribution in [2.24, 2.45) is 0 Å². The van der Waals surface area contributed by atoms with Crippen LogP contribution in [-0.4, -0.2) is 30.4 Å². The Bertz CT molecular complexity index is 1180. The van der Waals surface area contributed by atoms with Crippen LogP contribution in [0.1, 0.15) is 42.9 Å². The van der Waals surface area contributed by atoms with E-state index in [-0.39, 0.29) is 17.6 Å². The second kappa shape index (κ2) is 7.79. The number of hydrogen-bond donors (Lipinski definition) is 2. The van der Waals surface area contributed by atoms with Gasteiger partial charge in [-0.25, -0.2) is 9.18 Å². The molecule has 0 saturated heterocycles. The number of hydrogen-bond acceptors (Lipinski definition) is 6. The summed E-state index contributed by atoms with van der Waals surface area (Å²) in [5, 5.41) is 7.35. The quantitative estimate of drug-likeness (QED) is 0.480. The molecule has 2 aliphatic heterocycles. The van der Waals surface area contributed by atoms with Gasteiger partial charge < -0.3 is 20.3 Å². The van der Waals surface area contributed by atoms with Crippen molar-refractivity contribution in [3.05, 3.63) is 81.5 Å². The molecule has 1 aromatic heterocycles. The monoisotopic (exact) mass is 437 g/mol. The van der Waals surface area contributed by atoms with Crippen LogP contribution in [0.15, 0.2) is 48.5 Å². The van der Waals surface area contributed by atoms with Gasteiger partial charge in [0.05, 0.1) is 11.1 Å². The average molecular weight is 437 g/mol. The summed E-state index contributed by atoms with van der Waals surface area (Å²) in [7, 11) is 2.08. The molecule has 31 heavy (non-hydrogen) atoms. The summed E-state index contributed by atoms with van der Waals surface area (Å²) in [4.78, 5) is 28.5. The van der Waals surface area contributed by atoms with Gasteiger partial charge in [-0.15, -0.1) is 11.3 Å². The van der Waals surface area contributed by atoms with Gasteiger partial charge in [-0.1, -0.05) is 18.2 Å². The summed E-state index contributed by atoms with van der Waals surface area (Å²) < 4.78 is 18.6. The predicted octanol–water partition coefficient (Wildman–Crippen LogP) is 3.95. The van der Waals surface area contributed by atoms with E-state index in [1.54, 1.807) is 35.6 Å². The molecular formula is C23H20FN3O3S. The molecule has 0 fully saturated rings. The Balaban J connectivity index is 1.32. The Morgan fingerprint density at radius 3 is 2.77 bits per heavy atom. The van der Waals surface area contributed by atoms with E-state index in [2.05, 4.69) is 22.6 Å². The number of rotatable bonds is 3. The van der Waals surface area contributed by atoms with Crippen LogP contribution >= 0.6 is 11.3 Å². The molecule has 3 aromatic rings. The van der Waals surface area contributed by atoms with Gasteiger partial charge in [0.25, 0.3) is 5.91 Å².